The van der Waals surface area contributed by atoms with E-state index in [2.05, 4.69) is 4.98 Å². The molecule has 0 atom stereocenters. The van der Waals surface area contributed by atoms with Crippen LogP contribution < -0.4 is 5.73 Å². The number of amides is 1. The van der Waals surface area contributed by atoms with Crippen LogP contribution in [0.2, 0.25) is 5.02 Å². The van der Waals surface area contributed by atoms with Crippen molar-refractivity contribution in [2.75, 3.05) is 0 Å². The molecule has 0 unspecified atom stereocenters. The summed E-state index contributed by atoms with van der Waals surface area (Å²) in [6, 6.07) is 13.2. The highest BCUT2D eigenvalue weighted by Gasteiger charge is 2.38. The minimum Gasteiger partial charge on any atom is -0.369 e. The monoisotopic (exact) mass is 570 g/mol. The molecule has 1 heterocycles. The molecule has 2 N–H and O–H groups in total. The number of primary amides is 1. The van der Waals surface area contributed by atoms with Gasteiger partial charge in [0.25, 0.3) is 0 Å². The van der Waals surface area contributed by atoms with Crippen LogP contribution >= 0.6 is 11.6 Å². The maximum absolute atomic E-state index is 13.8. The summed E-state index contributed by atoms with van der Waals surface area (Å²) in [5, 5.41) is 0.254. The van der Waals surface area contributed by atoms with Crippen molar-refractivity contribution in [2.24, 2.45) is 11.7 Å². The Labute approximate surface area is 228 Å². The van der Waals surface area contributed by atoms with Gasteiger partial charge in [-0.1, -0.05) is 61.4 Å². The molecule has 3 aromatic rings. The number of hydrogen-bond donors (Lipinski definition) is 1. The van der Waals surface area contributed by atoms with Crippen LogP contribution in [0.25, 0.3) is 5.57 Å². The lowest BCUT2D eigenvalue weighted by Gasteiger charge is -2.20. The lowest BCUT2D eigenvalue weighted by Crippen LogP contribution is -2.14. The molecule has 1 fully saturated rings. The van der Waals surface area contributed by atoms with E-state index in [0.717, 1.165) is 18.4 Å². The molecule has 0 bridgehead atoms. The van der Waals surface area contributed by atoms with Crippen LogP contribution in [-0.2, 0) is 23.6 Å². The number of alkyl halides is 6. The fourth-order valence-electron chi connectivity index (χ4n) is 3.64. The molecule has 39 heavy (non-hydrogen) atoms. The maximum atomic E-state index is 13.8. The average molecular weight is 571 g/mol. The molecule has 3 nitrogen and oxygen atoms in total. The van der Waals surface area contributed by atoms with Crippen molar-refractivity contribution in [3.63, 3.8) is 0 Å². The highest BCUT2D eigenvalue weighted by atomic mass is 35.5. The van der Waals surface area contributed by atoms with Crippen LogP contribution in [-0.4, -0.2) is 10.9 Å². The van der Waals surface area contributed by atoms with Gasteiger partial charge in [-0.05, 0) is 67.6 Å². The van der Waals surface area contributed by atoms with Crippen LogP contribution in [0, 0.1) is 5.92 Å². The lowest BCUT2D eigenvalue weighted by atomic mass is 9.89. The van der Waals surface area contributed by atoms with Crippen molar-refractivity contribution in [2.45, 2.75) is 52.4 Å². The van der Waals surface area contributed by atoms with E-state index in [4.69, 9.17) is 17.3 Å². The van der Waals surface area contributed by atoms with Crippen LogP contribution in [0.1, 0.15) is 61.6 Å². The maximum Gasteiger partial charge on any atom is 0.417 e. The number of nitrogens with two attached hydrogens (primary N) is 1. The highest BCUT2D eigenvalue weighted by molar-refractivity contribution is 6.30. The number of halogens is 7. The van der Waals surface area contributed by atoms with Crippen molar-refractivity contribution in [1.29, 1.82) is 0 Å². The number of benzene rings is 2. The zero-order valence-corrected chi connectivity index (χ0v) is 22.4. The number of pyridine rings is 1. The Morgan fingerprint density at radius 3 is 2.00 bits per heavy atom. The fraction of sp³-hybridized carbons (Fsp3) is 0.310. The van der Waals surface area contributed by atoms with Crippen molar-refractivity contribution >= 4 is 23.1 Å². The second-order valence-electron chi connectivity index (χ2n) is 8.61. The minimum atomic E-state index is -4.86. The van der Waals surface area contributed by atoms with E-state index in [1.165, 1.54) is 18.3 Å². The van der Waals surface area contributed by atoms with Crippen LogP contribution in [0.4, 0.5) is 26.3 Å². The molecule has 1 aliphatic carbocycles. The van der Waals surface area contributed by atoms with Gasteiger partial charge in [-0.3, -0.25) is 9.78 Å². The second-order valence-corrected chi connectivity index (χ2v) is 9.05. The molecule has 1 amide bonds. The SMILES string of the molecule is CC.CC(Cc1ccccc1)=C(c1ccc(Cl)cn1)c1cc(C(F)(F)F)ccc1C(F)(F)F.NC(=O)C1CC1. The summed E-state index contributed by atoms with van der Waals surface area (Å²) >= 11 is 5.85. The minimum absolute atomic E-state index is 0.0149. The molecule has 1 aromatic heterocycles. The lowest BCUT2D eigenvalue weighted by molar-refractivity contribution is -0.141. The first kappa shape index (κ1) is 31.9. The summed E-state index contributed by atoms with van der Waals surface area (Å²) in [4.78, 5) is 14.1. The van der Waals surface area contributed by atoms with Crippen molar-refractivity contribution in [1.82, 2.24) is 4.98 Å². The molecule has 0 aliphatic heterocycles. The molecular weight excluding hydrogens is 542 g/mol. The van der Waals surface area contributed by atoms with Gasteiger partial charge in [0, 0.05) is 17.7 Å². The van der Waals surface area contributed by atoms with Crippen molar-refractivity contribution in [3.8, 4) is 0 Å². The highest BCUT2D eigenvalue weighted by Crippen LogP contribution is 2.41. The van der Waals surface area contributed by atoms with E-state index >= 15 is 0 Å². The van der Waals surface area contributed by atoms with Gasteiger partial charge in [-0.15, -0.1) is 0 Å². The summed E-state index contributed by atoms with van der Waals surface area (Å²) in [5.41, 5.74) is 3.26. The Morgan fingerprint density at radius 2 is 1.56 bits per heavy atom. The van der Waals surface area contributed by atoms with Crippen LogP contribution in [0.3, 0.4) is 0 Å². The molecule has 210 valence electrons. The summed E-state index contributed by atoms with van der Waals surface area (Å²) < 4.78 is 81.3. The van der Waals surface area contributed by atoms with Crippen molar-refractivity contribution < 1.29 is 31.1 Å². The van der Waals surface area contributed by atoms with E-state index in [1.807, 2.05) is 13.8 Å². The quantitative estimate of drug-likeness (QED) is 0.312. The Kier molecular flexibility index (Phi) is 11.2. The number of carbonyl (C=O) groups excluding carboxylic acids is 1. The largest absolute Gasteiger partial charge is 0.417 e. The van der Waals surface area contributed by atoms with E-state index in [-0.39, 0.29) is 34.5 Å². The second kappa shape index (κ2) is 13.6. The van der Waals surface area contributed by atoms with Gasteiger partial charge in [-0.25, -0.2) is 0 Å². The number of nitrogens with zero attached hydrogens (tertiary/aromatic N) is 1. The Balaban J connectivity index is 0.000000578. The summed E-state index contributed by atoms with van der Waals surface area (Å²) in [6.45, 7) is 5.58. The number of carbonyl (C=O) groups is 1. The van der Waals surface area contributed by atoms with Crippen LogP contribution in [0.15, 0.2) is 72.4 Å². The van der Waals surface area contributed by atoms with E-state index < -0.39 is 29.0 Å². The molecule has 2 aromatic carbocycles. The van der Waals surface area contributed by atoms with Gasteiger partial charge < -0.3 is 5.73 Å². The number of allylic oxidation sites excluding steroid dienone is 1. The zero-order chi connectivity index (χ0) is 29.4. The van der Waals surface area contributed by atoms with Gasteiger partial charge in [-0.2, -0.15) is 26.3 Å². The van der Waals surface area contributed by atoms with E-state index in [1.54, 1.807) is 37.3 Å². The summed E-state index contributed by atoms with van der Waals surface area (Å²) in [5.74, 6) is 0.111. The molecule has 1 saturated carbocycles. The topological polar surface area (TPSA) is 56.0 Å². The third kappa shape index (κ3) is 9.42. The van der Waals surface area contributed by atoms with Gasteiger partial charge in [0.1, 0.15) is 0 Å². The van der Waals surface area contributed by atoms with Gasteiger partial charge >= 0.3 is 12.4 Å². The molecular formula is C29H29ClF6N2O. The molecule has 1 aliphatic rings. The first-order valence-electron chi connectivity index (χ1n) is 12.2. The number of hydrogen-bond acceptors (Lipinski definition) is 2. The first-order valence-corrected chi connectivity index (χ1v) is 12.6. The average Bonchev–Trinajstić information content (AvgIpc) is 3.72. The molecule has 10 heteroatoms. The predicted molar refractivity (Wildman–Crippen MR) is 141 cm³/mol. The van der Waals surface area contributed by atoms with Gasteiger partial charge in [0.05, 0.1) is 21.8 Å². The summed E-state index contributed by atoms with van der Waals surface area (Å²) in [6.07, 6.45) is -6.14. The van der Waals surface area contributed by atoms with Gasteiger partial charge in [0.15, 0.2) is 0 Å². The predicted octanol–water partition coefficient (Wildman–Crippen LogP) is 8.75. The third-order valence-electron chi connectivity index (χ3n) is 5.62. The molecule has 0 spiro atoms. The molecule has 0 saturated heterocycles. The Morgan fingerprint density at radius 1 is 0.949 bits per heavy atom. The smallest absolute Gasteiger partial charge is 0.369 e. The summed E-state index contributed by atoms with van der Waals surface area (Å²) in [7, 11) is 0. The standard InChI is InChI=1S/C23H16ClF6N.C4H7NO.C2H6/c1-14(11-15-5-3-2-4-6-15)21(20-10-8-17(24)13-31-20)18-12-16(22(25,26)27)7-9-19(18)23(28,29)30;5-4(6)3-1-2-3;1-2/h2-10,12-13H,11H2,1H3;3H,1-2H2,(H2,5,6);1-2H3. The van der Waals surface area contributed by atoms with Crippen molar-refractivity contribution in [3.05, 3.63) is 105 Å². The third-order valence-corrected chi connectivity index (χ3v) is 5.85. The Bertz CT molecular complexity index is 1270. The normalized spacial score (nSPS) is 13.8. The first-order chi connectivity index (χ1) is 18.3. The molecule has 4 rings (SSSR count). The van der Waals surface area contributed by atoms with Gasteiger partial charge in [0.2, 0.25) is 5.91 Å². The van der Waals surface area contributed by atoms with Crippen LogP contribution in [0.5, 0.6) is 0 Å². The Hall–Kier alpha value is -3.33. The molecule has 0 radical (unpaired) electrons. The number of rotatable bonds is 5. The zero-order valence-electron chi connectivity index (χ0n) is 21.6. The fourth-order valence-corrected chi connectivity index (χ4v) is 3.75. The van der Waals surface area contributed by atoms with E-state index in [9.17, 15) is 31.1 Å². The number of aromatic nitrogens is 1. The van der Waals surface area contributed by atoms with E-state index in [0.29, 0.717) is 23.8 Å².